The van der Waals surface area contributed by atoms with Crippen molar-refractivity contribution in [1.29, 1.82) is 0 Å². The third-order valence-electron chi connectivity index (χ3n) is 3.01. The van der Waals surface area contributed by atoms with Crippen LogP contribution in [0.25, 0.3) is 0 Å². The molecule has 2 unspecified atom stereocenters. The summed E-state index contributed by atoms with van der Waals surface area (Å²) in [7, 11) is 0. The standard InChI is InChI=1S/C11H17FN4O/c1-7-3-2-4-8(5-7)17-10-9(12)6-14-11(15-10)16-13/h6-8H,2-5,13H2,1H3,(H,14,15,16). The van der Waals surface area contributed by atoms with Crippen molar-refractivity contribution in [3.05, 3.63) is 12.0 Å². The summed E-state index contributed by atoms with van der Waals surface area (Å²) in [6.45, 7) is 2.18. The van der Waals surface area contributed by atoms with Gasteiger partial charge in [-0.05, 0) is 25.2 Å². The van der Waals surface area contributed by atoms with Crippen molar-refractivity contribution in [1.82, 2.24) is 9.97 Å². The molecule has 0 aliphatic heterocycles. The first-order chi connectivity index (χ1) is 8.19. The molecule has 2 atom stereocenters. The van der Waals surface area contributed by atoms with Gasteiger partial charge in [0.05, 0.1) is 6.20 Å². The smallest absolute Gasteiger partial charge is 0.255 e. The molecule has 0 bridgehead atoms. The van der Waals surface area contributed by atoms with E-state index in [1.165, 1.54) is 6.42 Å². The molecule has 6 heteroatoms. The highest BCUT2D eigenvalue weighted by atomic mass is 19.1. The van der Waals surface area contributed by atoms with Gasteiger partial charge >= 0.3 is 0 Å². The van der Waals surface area contributed by atoms with Crippen LogP contribution >= 0.6 is 0 Å². The summed E-state index contributed by atoms with van der Waals surface area (Å²) in [6, 6.07) is 0. The Hall–Kier alpha value is -1.43. The highest BCUT2D eigenvalue weighted by molar-refractivity contribution is 5.26. The van der Waals surface area contributed by atoms with Crippen LogP contribution in [0.4, 0.5) is 10.3 Å². The van der Waals surface area contributed by atoms with Gasteiger partial charge in [-0.3, -0.25) is 5.43 Å². The van der Waals surface area contributed by atoms with E-state index >= 15 is 0 Å². The summed E-state index contributed by atoms with van der Waals surface area (Å²) in [4.78, 5) is 7.53. The Labute approximate surface area is 99.6 Å². The van der Waals surface area contributed by atoms with Crippen LogP contribution in [0.15, 0.2) is 6.20 Å². The van der Waals surface area contributed by atoms with Crippen molar-refractivity contribution in [3.8, 4) is 5.88 Å². The average Bonchev–Trinajstić information content (AvgIpc) is 2.32. The predicted molar refractivity (Wildman–Crippen MR) is 61.8 cm³/mol. The molecule has 5 nitrogen and oxygen atoms in total. The zero-order chi connectivity index (χ0) is 12.3. The maximum absolute atomic E-state index is 13.4. The van der Waals surface area contributed by atoms with E-state index < -0.39 is 5.82 Å². The van der Waals surface area contributed by atoms with Gasteiger partial charge < -0.3 is 4.74 Å². The quantitative estimate of drug-likeness (QED) is 0.623. The molecule has 0 saturated heterocycles. The van der Waals surface area contributed by atoms with Crippen LogP contribution in [-0.4, -0.2) is 16.1 Å². The Kier molecular flexibility index (Phi) is 3.73. The molecule has 0 spiro atoms. The monoisotopic (exact) mass is 240 g/mol. The lowest BCUT2D eigenvalue weighted by Crippen LogP contribution is -2.25. The van der Waals surface area contributed by atoms with Gasteiger partial charge in [0.25, 0.3) is 5.88 Å². The minimum absolute atomic E-state index is 0.0212. The van der Waals surface area contributed by atoms with E-state index in [9.17, 15) is 4.39 Å². The maximum atomic E-state index is 13.4. The lowest BCUT2D eigenvalue weighted by molar-refractivity contribution is 0.118. The Bertz CT molecular complexity index is 388. The number of nitrogens with one attached hydrogen (secondary N) is 1. The van der Waals surface area contributed by atoms with Gasteiger partial charge in [0.1, 0.15) is 6.10 Å². The van der Waals surface area contributed by atoms with E-state index in [2.05, 4.69) is 22.3 Å². The second-order valence-electron chi connectivity index (χ2n) is 4.50. The van der Waals surface area contributed by atoms with Crippen LogP contribution < -0.4 is 16.0 Å². The van der Waals surface area contributed by atoms with E-state index in [1.54, 1.807) is 0 Å². The molecular formula is C11H17FN4O. The number of hydrogen-bond acceptors (Lipinski definition) is 5. The predicted octanol–water partition coefficient (Wildman–Crippen LogP) is 1.86. The molecule has 1 aromatic rings. The average molecular weight is 240 g/mol. The molecule has 0 aromatic carbocycles. The zero-order valence-electron chi connectivity index (χ0n) is 9.82. The Morgan fingerprint density at radius 3 is 3.06 bits per heavy atom. The minimum atomic E-state index is -0.553. The number of anilines is 1. The molecule has 1 fully saturated rings. The number of halogens is 1. The van der Waals surface area contributed by atoms with Crippen LogP contribution in [0.1, 0.15) is 32.6 Å². The number of nitrogens with zero attached hydrogens (tertiary/aromatic N) is 2. The van der Waals surface area contributed by atoms with Gasteiger partial charge in [-0.15, -0.1) is 0 Å². The molecule has 0 radical (unpaired) electrons. The molecule has 1 aliphatic rings. The van der Waals surface area contributed by atoms with Crippen LogP contribution in [0.5, 0.6) is 5.88 Å². The number of nitrogens with two attached hydrogens (primary N) is 1. The lowest BCUT2D eigenvalue weighted by atomic mass is 9.89. The Morgan fingerprint density at radius 1 is 1.53 bits per heavy atom. The van der Waals surface area contributed by atoms with Gasteiger partial charge in [-0.2, -0.15) is 9.37 Å². The number of hydrogen-bond donors (Lipinski definition) is 2. The zero-order valence-corrected chi connectivity index (χ0v) is 9.82. The molecule has 3 N–H and O–H groups in total. The molecule has 1 heterocycles. The summed E-state index contributed by atoms with van der Waals surface area (Å²) in [5.41, 5.74) is 2.27. The molecule has 17 heavy (non-hydrogen) atoms. The summed E-state index contributed by atoms with van der Waals surface area (Å²) in [5.74, 6) is 5.37. The first-order valence-corrected chi connectivity index (χ1v) is 5.85. The van der Waals surface area contributed by atoms with Gasteiger partial charge in [-0.25, -0.2) is 10.8 Å². The molecule has 1 aromatic heterocycles. The number of aromatic nitrogens is 2. The number of nitrogen functional groups attached to an aromatic ring is 1. The van der Waals surface area contributed by atoms with Gasteiger partial charge in [0.2, 0.25) is 11.8 Å². The third kappa shape index (κ3) is 3.03. The number of rotatable bonds is 3. The van der Waals surface area contributed by atoms with E-state index in [-0.39, 0.29) is 17.9 Å². The summed E-state index contributed by atoms with van der Waals surface area (Å²) >= 11 is 0. The normalized spacial score (nSPS) is 24.4. The molecule has 0 amide bonds. The number of hydrazine groups is 1. The van der Waals surface area contributed by atoms with Gasteiger partial charge in [0.15, 0.2) is 0 Å². The van der Waals surface area contributed by atoms with E-state index in [4.69, 9.17) is 10.6 Å². The van der Waals surface area contributed by atoms with E-state index in [0.29, 0.717) is 5.92 Å². The summed E-state index contributed by atoms with van der Waals surface area (Å²) in [5, 5.41) is 0. The minimum Gasteiger partial charge on any atom is -0.472 e. The summed E-state index contributed by atoms with van der Waals surface area (Å²) < 4.78 is 19.0. The fraction of sp³-hybridized carbons (Fsp3) is 0.636. The fourth-order valence-electron chi connectivity index (χ4n) is 2.15. The SMILES string of the molecule is CC1CCCC(Oc2nc(NN)ncc2F)C1. The second kappa shape index (κ2) is 5.27. The van der Waals surface area contributed by atoms with Crippen molar-refractivity contribution in [2.75, 3.05) is 5.43 Å². The van der Waals surface area contributed by atoms with Gasteiger partial charge in [-0.1, -0.05) is 13.3 Å². The van der Waals surface area contributed by atoms with Crippen molar-refractivity contribution >= 4 is 5.95 Å². The topological polar surface area (TPSA) is 73.1 Å². The summed E-state index contributed by atoms with van der Waals surface area (Å²) in [6.07, 6.45) is 5.30. The molecule has 1 saturated carbocycles. The van der Waals surface area contributed by atoms with Crippen molar-refractivity contribution in [2.45, 2.75) is 38.7 Å². The van der Waals surface area contributed by atoms with E-state index in [1.807, 2.05) is 0 Å². The molecule has 1 aliphatic carbocycles. The van der Waals surface area contributed by atoms with Crippen LogP contribution in [0.2, 0.25) is 0 Å². The van der Waals surface area contributed by atoms with Crippen molar-refractivity contribution in [3.63, 3.8) is 0 Å². The van der Waals surface area contributed by atoms with Crippen molar-refractivity contribution < 1.29 is 9.13 Å². The fourth-order valence-corrected chi connectivity index (χ4v) is 2.15. The molecular weight excluding hydrogens is 223 g/mol. The molecule has 2 rings (SSSR count). The maximum Gasteiger partial charge on any atom is 0.255 e. The lowest BCUT2D eigenvalue weighted by Gasteiger charge is -2.26. The Morgan fingerprint density at radius 2 is 2.35 bits per heavy atom. The highest BCUT2D eigenvalue weighted by Gasteiger charge is 2.22. The largest absolute Gasteiger partial charge is 0.472 e. The van der Waals surface area contributed by atoms with Crippen LogP contribution in [0, 0.1) is 11.7 Å². The van der Waals surface area contributed by atoms with Crippen LogP contribution in [-0.2, 0) is 0 Å². The van der Waals surface area contributed by atoms with E-state index in [0.717, 1.165) is 25.5 Å². The highest BCUT2D eigenvalue weighted by Crippen LogP contribution is 2.27. The van der Waals surface area contributed by atoms with Gasteiger partial charge in [0, 0.05) is 0 Å². The first kappa shape index (κ1) is 12.0. The van der Waals surface area contributed by atoms with Crippen LogP contribution in [0.3, 0.4) is 0 Å². The first-order valence-electron chi connectivity index (χ1n) is 5.85. The van der Waals surface area contributed by atoms with Crippen molar-refractivity contribution in [2.24, 2.45) is 11.8 Å². The number of ether oxygens (including phenoxy) is 1. The Balaban J connectivity index is 2.06. The third-order valence-corrected chi connectivity index (χ3v) is 3.01. The second-order valence-corrected chi connectivity index (χ2v) is 4.50. The molecule has 94 valence electrons.